The van der Waals surface area contributed by atoms with E-state index >= 15 is 0 Å². The van der Waals surface area contributed by atoms with Crippen molar-refractivity contribution in [2.45, 2.75) is 20.4 Å². The van der Waals surface area contributed by atoms with Crippen molar-refractivity contribution in [3.63, 3.8) is 0 Å². The van der Waals surface area contributed by atoms with Gasteiger partial charge in [0.25, 0.3) is 0 Å². The first kappa shape index (κ1) is 10.3. The van der Waals surface area contributed by atoms with E-state index in [-0.39, 0.29) is 0 Å². The Balaban J connectivity index is 2.51. The number of nitrogens with one attached hydrogen (secondary N) is 1. The molecule has 0 atom stereocenters. The Morgan fingerprint density at radius 2 is 1.93 bits per heavy atom. The zero-order chi connectivity index (χ0) is 10.8. The number of aryl methyl sites for hydroxylation is 1. The minimum absolute atomic E-state index is 0.368. The third kappa shape index (κ3) is 1.78. The predicted octanol–water partition coefficient (Wildman–Crippen LogP) is 1.55. The molecule has 0 unspecified atom stereocenters. The summed E-state index contributed by atoms with van der Waals surface area (Å²) in [4.78, 5) is 0. The summed E-state index contributed by atoms with van der Waals surface area (Å²) in [6.07, 6.45) is 0. The third-order valence-electron chi connectivity index (χ3n) is 2.67. The molecule has 2 N–H and O–H groups in total. The summed E-state index contributed by atoms with van der Waals surface area (Å²) >= 11 is 0. The van der Waals surface area contributed by atoms with Crippen molar-refractivity contribution in [1.82, 2.24) is 5.48 Å². The van der Waals surface area contributed by atoms with Gasteiger partial charge in [-0.1, -0.05) is 6.07 Å². The van der Waals surface area contributed by atoms with E-state index in [1.54, 1.807) is 0 Å². The van der Waals surface area contributed by atoms with Crippen LogP contribution in [0.4, 0.5) is 0 Å². The van der Waals surface area contributed by atoms with Crippen LogP contribution in [0, 0.1) is 13.8 Å². The van der Waals surface area contributed by atoms with Crippen molar-refractivity contribution in [1.29, 1.82) is 0 Å². The molecule has 1 heterocycles. The standard InChI is InChI=1S/C11H15NO3/c1-7-5-9(6-12-13)11-10(8(7)2)14-3-4-15-11/h5,12-13H,3-4,6H2,1-2H3. The molecule has 0 amide bonds. The van der Waals surface area contributed by atoms with Gasteiger partial charge in [-0.2, -0.15) is 0 Å². The molecule has 0 radical (unpaired) electrons. The summed E-state index contributed by atoms with van der Waals surface area (Å²) in [6, 6.07) is 2.01. The molecule has 0 aromatic heterocycles. The van der Waals surface area contributed by atoms with Crippen LogP contribution in [0.3, 0.4) is 0 Å². The number of hydrogen-bond acceptors (Lipinski definition) is 4. The Kier molecular flexibility index (Phi) is 2.79. The van der Waals surface area contributed by atoms with Gasteiger partial charge in [0.1, 0.15) is 13.2 Å². The van der Waals surface area contributed by atoms with Crippen LogP contribution in [-0.4, -0.2) is 18.4 Å². The highest BCUT2D eigenvalue weighted by atomic mass is 16.6. The van der Waals surface area contributed by atoms with Gasteiger partial charge in [0, 0.05) is 12.1 Å². The van der Waals surface area contributed by atoms with Crippen molar-refractivity contribution in [3.8, 4) is 11.5 Å². The molecule has 2 rings (SSSR count). The van der Waals surface area contributed by atoms with Gasteiger partial charge in [-0.3, -0.25) is 0 Å². The molecule has 0 bridgehead atoms. The minimum Gasteiger partial charge on any atom is -0.486 e. The summed E-state index contributed by atoms with van der Waals surface area (Å²) < 4.78 is 11.2. The molecule has 15 heavy (non-hydrogen) atoms. The van der Waals surface area contributed by atoms with E-state index in [0.717, 1.165) is 28.2 Å². The predicted molar refractivity (Wildman–Crippen MR) is 55.5 cm³/mol. The zero-order valence-electron chi connectivity index (χ0n) is 8.96. The van der Waals surface area contributed by atoms with Gasteiger partial charge in [-0.15, -0.1) is 0 Å². The molecular formula is C11H15NO3. The van der Waals surface area contributed by atoms with Crippen LogP contribution < -0.4 is 15.0 Å². The molecule has 4 heteroatoms. The van der Waals surface area contributed by atoms with E-state index in [2.05, 4.69) is 5.48 Å². The highest BCUT2D eigenvalue weighted by molar-refractivity contribution is 5.55. The Morgan fingerprint density at radius 3 is 2.60 bits per heavy atom. The number of hydrogen-bond donors (Lipinski definition) is 2. The molecule has 1 aliphatic rings. The fourth-order valence-corrected chi connectivity index (χ4v) is 1.77. The number of rotatable bonds is 2. The second-order valence-corrected chi connectivity index (χ2v) is 3.67. The van der Waals surface area contributed by atoms with Crippen LogP contribution in [-0.2, 0) is 6.54 Å². The zero-order valence-corrected chi connectivity index (χ0v) is 8.96. The van der Waals surface area contributed by atoms with E-state index in [1.807, 2.05) is 19.9 Å². The Morgan fingerprint density at radius 1 is 1.27 bits per heavy atom. The molecule has 4 nitrogen and oxygen atoms in total. The van der Waals surface area contributed by atoms with E-state index in [0.29, 0.717) is 19.8 Å². The lowest BCUT2D eigenvalue weighted by atomic mass is 10.0. The fourth-order valence-electron chi connectivity index (χ4n) is 1.77. The first-order valence-corrected chi connectivity index (χ1v) is 4.99. The maximum atomic E-state index is 8.74. The van der Waals surface area contributed by atoms with Crippen molar-refractivity contribution in [2.75, 3.05) is 13.2 Å². The van der Waals surface area contributed by atoms with Gasteiger partial charge in [0.05, 0.1) is 0 Å². The molecule has 0 saturated carbocycles. The Bertz CT molecular complexity index is 377. The summed E-state index contributed by atoms with van der Waals surface area (Å²) in [5.74, 6) is 1.57. The molecule has 0 fully saturated rings. The Labute approximate surface area is 88.8 Å². The van der Waals surface area contributed by atoms with Gasteiger partial charge in [-0.25, -0.2) is 5.48 Å². The van der Waals surface area contributed by atoms with E-state index < -0.39 is 0 Å². The van der Waals surface area contributed by atoms with Crippen molar-refractivity contribution < 1.29 is 14.7 Å². The fraction of sp³-hybridized carbons (Fsp3) is 0.455. The highest BCUT2D eigenvalue weighted by Crippen LogP contribution is 2.38. The average Bonchev–Trinajstić information content (AvgIpc) is 2.26. The molecule has 1 aromatic carbocycles. The second-order valence-electron chi connectivity index (χ2n) is 3.67. The normalized spacial score (nSPS) is 14.1. The number of hydroxylamine groups is 1. The van der Waals surface area contributed by atoms with Crippen molar-refractivity contribution >= 4 is 0 Å². The summed E-state index contributed by atoms with van der Waals surface area (Å²) in [5.41, 5.74) is 5.32. The van der Waals surface area contributed by atoms with Crippen LogP contribution >= 0.6 is 0 Å². The second kappa shape index (κ2) is 4.08. The lowest BCUT2D eigenvalue weighted by Crippen LogP contribution is -2.19. The number of fused-ring (bicyclic) bond motifs is 1. The van der Waals surface area contributed by atoms with Gasteiger partial charge < -0.3 is 14.7 Å². The summed E-state index contributed by atoms with van der Waals surface area (Å²) in [6.45, 7) is 5.55. The molecule has 82 valence electrons. The monoisotopic (exact) mass is 209 g/mol. The topological polar surface area (TPSA) is 50.7 Å². The van der Waals surface area contributed by atoms with Crippen LogP contribution in [0.15, 0.2) is 6.07 Å². The van der Waals surface area contributed by atoms with Crippen LogP contribution in [0.25, 0.3) is 0 Å². The largest absolute Gasteiger partial charge is 0.486 e. The summed E-state index contributed by atoms with van der Waals surface area (Å²) in [5, 5.41) is 8.74. The van der Waals surface area contributed by atoms with Gasteiger partial charge in [-0.05, 0) is 25.0 Å². The first-order valence-electron chi connectivity index (χ1n) is 4.99. The lowest BCUT2D eigenvalue weighted by molar-refractivity contribution is 0.149. The van der Waals surface area contributed by atoms with Crippen molar-refractivity contribution in [3.05, 3.63) is 22.8 Å². The van der Waals surface area contributed by atoms with E-state index in [1.165, 1.54) is 0 Å². The molecular weight excluding hydrogens is 194 g/mol. The van der Waals surface area contributed by atoms with Crippen LogP contribution in [0.2, 0.25) is 0 Å². The number of benzene rings is 1. The minimum atomic E-state index is 0.368. The SMILES string of the molecule is Cc1cc(CNO)c2c(c1C)OCCO2. The average molecular weight is 209 g/mol. The Hall–Kier alpha value is -1.26. The molecule has 1 aliphatic heterocycles. The quantitative estimate of drug-likeness (QED) is 0.726. The number of ether oxygens (including phenoxy) is 2. The molecule has 0 spiro atoms. The summed E-state index contributed by atoms with van der Waals surface area (Å²) in [7, 11) is 0. The van der Waals surface area contributed by atoms with E-state index in [4.69, 9.17) is 14.7 Å². The molecule has 1 aromatic rings. The molecule has 0 saturated heterocycles. The first-order chi connectivity index (χ1) is 7.24. The van der Waals surface area contributed by atoms with Gasteiger partial charge in [0.2, 0.25) is 0 Å². The smallest absolute Gasteiger partial charge is 0.166 e. The van der Waals surface area contributed by atoms with Gasteiger partial charge in [0.15, 0.2) is 11.5 Å². The van der Waals surface area contributed by atoms with Crippen LogP contribution in [0.1, 0.15) is 16.7 Å². The van der Waals surface area contributed by atoms with Crippen molar-refractivity contribution in [2.24, 2.45) is 0 Å². The highest BCUT2D eigenvalue weighted by Gasteiger charge is 2.19. The van der Waals surface area contributed by atoms with E-state index in [9.17, 15) is 0 Å². The third-order valence-corrected chi connectivity index (χ3v) is 2.67. The maximum Gasteiger partial charge on any atom is 0.166 e. The molecule has 0 aliphatic carbocycles. The van der Waals surface area contributed by atoms with Gasteiger partial charge >= 0.3 is 0 Å². The maximum absolute atomic E-state index is 8.74. The lowest BCUT2D eigenvalue weighted by Gasteiger charge is -2.23. The van der Waals surface area contributed by atoms with Crippen LogP contribution in [0.5, 0.6) is 11.5 Å².